The molecule has 2 atom stereocenters. The van der Waals surface area contributed by atoms with E-state index in [0.717, 1.165) is 45.3 Å². The van der Waals surface area contributed by atoms with Crippen molar-refractivity contribution in [3.05, 3.63) is 0 Å². The molecule has 2 rings (SSSR count). The van der Waals surface area contributed by atoms with Gasteiger partial charge in [0.2, 0.25) is 5.91 Å². The van der Waals surface area contributed by atoms with Gasteiger partial charge in [0, 0.05) is 24.5 Å². The van der Waals surface area contributed by atoms with Crippen LogP contribution in [0.15, 0.2) is 0 Å². The second kappa shape index (κ2) is 6.25. The van der Waals surface area contributed by atoms with Crippen LogP contribution in [0.3, 0.4) is 0 Å². The van der Waals surface area contributed by atoms with Gasteiger partial charge >= 0.3 is 0 Å². The van der Waals surface area contributed by atoms with Crippen molar-refractivity contribution in [3.63, 3.8) is 0 Å². The first-order valence-electron chi connectivity index (χ1n) is 8.13. The van der Waals surface area contributed by atoms with Gasteiger partial charge in [-0.1, -0.05) is 40.0 Å². The highest BCUT2D eigenvalue weighted by Crippen LogP contribution is 2.40. The van der Waals surface area contributed by atoms with Crippen LogP contribution in [0.25, 0.3) is 0 Å². The molecule has 0 radical (unpaired) electrons. The maximum absolute atomic E-state index is 12.8. The number of amides is 1. The number of hydrogen-bond donors (Lipinski definition) is 1. The van der Waals surface area contributed by atoms with Crippen LogP contribution in [0.4, 0.5) is 0 Å². The largest absolute Gasteiger partial charge is 0.342 e. The third kappa shape index (κ3) is 3.13. The second-order valence-corrected chi connectivity index (χ2v) is 6.64. The quantitative estimate of drug-likeness (QED) is 0.848. The fourth-order valence-corrected chi connectivity index (χ4v) is 3.91. The van der Waals surface area contributed by atoms with Crippen LogP contribution in [0.2, 0.25) is 0 Å². The molecule has 3 nitrogen and oxygen atoms in total. The molecule has 1 aliphatic carbocycles. The summed E-state index contributed by atoms with van der Waals surface area (Å²) in [6, 6.07) is 0.607. The molecule has 1 saturated carbocycles. The van der Waals surface area contributed by atoms with Crippen LogP contribution in [0.5, 0.6) is 0 Å². The Kier molecular flexibility index (Phi) is 4.88. The summed E-state index contributed by atoms with van der Waals surface area (Å²) in [7, 11) is 0. The molecule has 110 valence electrons. The smallest absolute Gasteiger partial charge is 0.228 e. The molecular weight excluding hydrogens is 236 g/mol. The predicted octanol–water partition coefficient (Wildman–Crippen LogP) is 2.80. The Bertz CT molecular complexity index is 310. The summed E-state index contributed by atoms with van der Waals surface area (Å²) in [6.07, 6.45) is 6.93. The van der Waals surface area contributed by atoms with Crippen LogP contribution >= 0.6 is 0 Å². The molecule has 19 heavy (non-hydrogen) atoms. The summed E-state index contributed by atoms with van der Waals surface area (Å²) in [5.74, 6) is 1.06. The third-order valence-electron chi connectivity index (χ3n) is 5.24. The van der Waals surface area contributed by atoms with Gasteiger partial charge in [-0.25, -0.2) is 0 Å². The number of piperidine rings is 1. The lowest BCUT2D eigenvalue weighted by Gasteiger charge is -2.41. The van der Waals surface area contributed by atoms with Gasteiger partial charge in [0.05, 0.1) is 0 Å². The molecule has 0 aromatic carbocycles. The molecule has 3 heteroatoms. The second-order valence-electron chi connectivity index (χ2n) is 6.64. The Morgan fingerprint density at radius 2 is 2.00 bits per heavy atom. The third-order valence-corrected chi connectivity index (χ3v) is 5.24. The minimum Gasteiger partial charge on any atom is -0.342 e. The normalized spacial score (nSPS) is 30.6. The molecule has 0 spiro atoms. The topological polar surface area (TPSA) is 32.3 Å². The van der Waals surface area contributed by atoms with E-state index in [1.54, 1.807) is 0 Å². The van der Waals surface area contributed by atoms with E-state index in [2.05, 4.69) is 31.0 Å². The molecule has 1 saturated heterocycles. The van der Waals surface area contributed by atoms with Crippen molar-refractivity contribution in [2.24, 2.45) is 11.3 Å². The number of carbonyl (C=O) groups is 1. The summed E-state index contributed by atoms with van der Waals surface area (Å²) in [5.41, 5.74) is -0.0523. The first-order valence-corrected chi connectivity index (χ1v) is 8.13. The van der Waals surface area contributed by atoms with Crippen LogP contribution < -0.4 is 5.32 Å². The SMILES string of the molecule is CCNC1CCN(C(=O)C2(C)CCCC2)CC1CC. The number of nitrogens with one attached hydrogen (secondary N) is 1. The lowest BCUT2D eigenvalue weighted by molar-refractivity contribution is -0.143. The van der Waals surface area contributed by atoms with Gasteiger partial charge in [0.25, 0.3) is 0 Å². The number of hydrogen-bond acceptors (Lipinski definition) is 2. The maximum Gasteiger partial charge on any atom is 0.228 e. The number of likely N-dealkylation sites (tertiary alicyclic amines) is 1. The Balaban J connectivity index is 1.97. The molecule has 1 heterocycles. The summed E-state index contributed by atoms with van der Waals surface area (Å²) in [4.78, 5) is 14.9. The van der Waals surface area contributed by atoms with Crippen LogP contribution in [-0.2, 0) is 4.79 Å². The zero-order valence-electron chi connectivity index (χ0n) is 12.9. The van der Waals surface area contributed by atoms with E-state index in [0.29, 0.717) is 17.9 Å². The number of nitrogens with zero attached hydrogens (tertiary/aromatic N) is 1. The zero-order valence-corrected chi connectivity index (χ0v) is 12.9. The minimum absolute atomic E-state index is 0.0523. The molecule has 1 aliphatic heterocycles. The fraction of sp³-hybridized carbons (Fsp3) is 0.938. The lowest BCUT2D eigenvalue weighted by atomic mass is 9.84. The average Bonchev–Trinajstić information content (AvgIpc) is 2.87. The highest BCUT2D eigenvalue weighted by Gasteiger charge is 2.41. The minimum atomic E-state index is -0.0523. The standard InChI is InChI=1S/C16H30N2O/c1-4-13-12-18(11-8-14(13)17-5-2)15(19)16(3)9-6-7-10-16/h13-14,17H,4-12H2,1-3H3. The van der Waals surface area contributed by atoms with Crippen LogP contribution in [0.1, 0.15) is 59.3 Å². The van der Waals surface area contributed by atoms with E-state index < -0.39 is 0 Å². The number of rotatable bonds is 4. The van der Waals surface area contributed by atoms with Gasteiger partial charge < -0.3 is 10.2 Å². The molecule has 0 bridgehead atoms. The zero-order chi connectivity index (χ0) is 13.9. The molecule has 1 N–H and O–H groups in total. The van der Waals surface area contributed by atoms with E-state index in [-0.39, 0.29) is 5.41 Å². The van der Waals surface area contributed by atoms with Gasteiger partial charge in [-0.2, -0.15) is 0 Å². The van der Waals surface area contributed by atoms with Crippen molar-refractivity contribution in [2.45, 2.75) is 65.3 Å². The lowest BCUT2D eigenvalue weighted by Crippen LogP contribution is -2.53. The molecule has 1 amide bonds. The van der Waals surface area contributed by atoms with E-state index >= 15 is 0 Å². The molecule has 2 unspecified atom stereocenters. The Morgan fingerprint density at radius 1 is 1.32 bits per heavy atom. The predicted molar refractivity (Wildman–Crippen MR) is 79.0 cm³/mol. The summed E-state index contributed by atoms with van der Waals surface area (Å²) < 4.78 is 0. The Labute approximate surface area is 118 Å². The van der Waals surface area contributed by atoms with Gasteiger partial charge in [0.15, 0.2) is 0 Å². The van der Waals surface area contributed by atoms with Crippen molar-refractivity contribution in [1.29, 1.82) is 0 Å². The average molecular weight is 266 g/mol. The molecule has 0 aromatic rings. The van der Waals surface area contributed by atoms with E-state index in [9.17, 15) is 4.79 Å². The monoisotopic (exact) mass is 266 g/mol. The van der Waals surface area contributed by atoms with Gasteiger partial charge in [-0.15, -0.1) is 0 Å². The van der Waals surface area contributed by atoms with E-state index in [1.165, 1.54) is 12.8 Å². The van der Waals surface area contributed by atoms with Crippen molar-refractivity contribution in [1.82, 2.24) is 10.2 Å². The summed E-state index contributed by atoms with van der Waals surface area (Å²) in [6.45, 7) is 9.54. The van der Waals surface area contributed by atoms with Gasteiger partial charge in [-0.3, -0.25) is 4.79 Å². The van der Waals surface area contributed by atoms with E-state index in [1.807, 2.05) is 0 Å². The van der Waals surface area contributed by atoms with Crippen LogP contribution in [-0.4, -0.2) is 36.5 Å². The van der Waals surface area contributed by atoms with Crippen LogP contribution in [0, 0.1) is 11.3 Å². The van der Waals surface area contributed by atoms with Crippen molar-refractivity contribution in [2.75, 3.05) is 19.6 Å². The molecular formula is C16H30N2O. The summed E-state index contributed by atoms with van der Waals surface area (Å²) >= 11 is 0. The highest BCUT2D eigenvalue weighted by atomic mass is 16.2. The van der Waals surface area contributed by atoms with E-state index in [4.69, 9.17) is 0 Å². The van der Waals surface area contributed by atoms with Crippen molar-refractivity contribution >= 4 is 5.91 Å². The first kappa shape index (κ1) is 14.8. The summed E-state index contributed by atoms with van der Waals surface area (Å²) in [5, 5.41) is 3.59. The first-order chi connectivity index (χ1) is 9.10. The van der Waals surface area contributed by atoms with Crippen molar-refractivity contribution < 1.29 is 4.79 Å². The van der Waals surface area contributed by atoms with Gasteiger partial charge in [-0.05, 0) is 31.7 Å². The molecule has 0 aromatic heterocycles. The maximum atomic E-state index is 12.8. The Hall–Kier alpha value is -0.570. The Morgan fingerprint density at radius 3 is 2.58 bits per heavy atom. The van der Waals surface area contributed by atoms with Gasteiger partial charge in [0.1, 0.15) is 0 Å². The number of carbonyl (C=O) groups excluding carboxylic acids is 1. The molecule has 2 aliphatic rings. The highest BCUT2D eigenvalue weighted by molar-refractivity contribution is 5.82. The van der Waals surface area contributed by atoms with Crippen molar-refractivity contribution in [3.8, 4) is 0 Å². The fourth-order valence-electron chi connectivity index (χ4n) is 3.91. The molecule has 2 fully saturated rings.